The van der Waals surface area contributed by atoms with E-state index in [9.17, 15) is 5.11 Å². The second-order valence-electron chi connectivity index (χ2n) is 7.47. The van der Waals surface area contributed by atoms with Crippen molar-refractivity contribution in [2.45, 2.75) is 46.1 Å². The van der Waals surface area contributed by atoms with E-state index in [1.807, 2.05) is 36.4 Å². The van der Waals surface area contributed by atoms with Gasteiger partial charge in [-0.1, -0.05) is 44.4 Å². The molecule has 0 saturated carbocycles. The van der Waals surface area contributed by atoms with Crippen LogP contribution in [0.1, 0.15) is 45.1 Å². The molecule has 29 heavy (non-hydrogen) atoms. The maximum Gasteiger partial charge on any atom is 0.122 e. The van der Waals surface area contributed by atoms with Crippen molar-refractivity contribution < 1.29 is 5.11 Å². The van der Waals surface area contributed by atoms with Gasteiger partial charge in [0, 0.05) is 46.2 Å². The van der Waals surface area contributed by atoms with Crippen molar-refractivity contribution in [2.24, 2.45) is 0 Å². The van der Waals surface area contributed by atoms with Crippen molar-refractivity contribution in [2.75, 3.05) is 18.4 Å². The molecule has 3 rings (SSSR count). The number of aromatic nitrogens is 1. The van der Waals surface area contributed by atoms with E-state index in [1.54, 1.807) is 12.3 Å². The number of anilines is 2. The first-order valence-corrected chi connectivity index (χ1v) is 10.8. The number of nitrogens with one attached hydrogen (secondary N) is 1. The first kappa shape index (κ1) is 21.4. The zero-order valence-corrected chi connectivity index (χ0v) is 18.0. The van der Waals surface area contributed by atoms with E-state index < -0.39 is 0 Å². The van der Waals surface area contributed by atoms with Crippen LogP contribution in [0.5, 0.6) is 5.75 Å². The van der Waals surface area contributed by atoms with E-state index in [1.165, 1.54) is 25.7 Å². The SMILES string of the molecule is CCCCN(CCCC)Cc1ccc(Nc2ccnc3cc(Cl)ccc23)cc1O. The quantitative estimate of drug-likeness (QED) is 0.387. The van der Waals surface area contributed by atoms with Gasteiger partial charge in [-0.15, -0.1) is 0 Å². The van der Waals surface area contributed by atoms with Crippen molar-refractivity contribution in [3.63, 3.8) is 0 Å². The molecule has 0 aliphatic carbocycles. The molecule has 0 radical (unpaired) electrons. The monoisotopic (exact) mass is 411 g/mol. The number of phenolic OH excluding ortho intramolecular Hbond substituents is 1. The molecule has 0 fully saturated rings. The average Bonchev–Trinajstić information content (AvgIpc) is 2.71. The number of hydrogen-bond donors (Lipinski definition) is 2. The highest BCUT2D eigenvalue weighted by atomic mass is 35.5. The van der Waals surface area contributed by atoms with Crippen LogP contribution in [-0.2, 0) is 6.54 Å². The van der Waals surface area contributed by atoms with E-state index >= 15 is 0 Å². The summed E-state index contributed by atoms with van der Waals surface area (Å²) in [6, 6.07) is 13.4. The molecule has 2 N–H and O–H groups in total. The van der Waals surface area contributed by atoms with Crippen LogP contribution >= 0.6 is 11.6 Å². The lowest BCUT2D eigenvalue weighted by Gasteiger charge is -2.22. The van der Waals surface area contributed by atoms with Crippen LogP contribution in [0, 0.1) is 0 Å². The number of phenols is 1. The fourth-order valence-corrected chi connectivity index (χ4v) is 3.60. The van der Waals surface area contributed by atoms with Crippen molar-refractivity contribution in [3.8, 4) is 5.75 Å². The summed E-state index contributed by atoms with van der Waals surface area (Å²) in [7, 11) is 0. The second kappa shape index (κ2) is 10.5. The molecule has 0 bridgehead atoms. The van der Waals surface area contributed by atoms with Crippen LogP contribution in [0.25, 0.3) is 10.9 Å². The van der Waals surface area contributed by atoms with E-state index in [-0.39, 0.29) is 0 Å². The third kappa shape index (κ3) is 5.84. The highest BCUT2D eigenvalue weighted by Crippen LogP contribution is 2.30. The molecule has 0 saturated heterocycles. The first-order valence-electron chi connectivity index (χ1n) is 10.5. The molecule has 3 aromatic rings. The third-order valence-corrected chi connectivity index (χ3v) is 5.35. The predicted octanol–water partition coefficient (Wildman–Crippen LogP) is 6.74. The Bertz CT molecular complexity index is 937. The number of hydrogen-bond acceptors (Lipinski definition) is 4. The van der Waals surface area contributed by atoms with Gasteiger partial charge in [0.25, 0.3) is 0 Å². The summed E-state index contributed by atoms with van der Waals surface area (Å²) in [5, 5.41) is 15.7. The fourth-order valence-electron chi connectivity index (χ4n) is 3.44. The number of fused-ring (bicyclic) bond motifs is 1. The van der Waals surface area contributed by atoms with Crippen LogP contribution in [-0.4, -0.2) is 28.1 Å². The number of unbranched alkanes of at least 4 members (excludes halogenated alkanes) is 2. The molecule has 0 aliphatic heterocycles. The maximum atomic E-state index is 10.6. The van der Waals surface area contributed by atoms with Crippen LogP contribution in [0.3, 0.4) is 0 Å². The van der Waals surface area contributed by atoms with E-state index in [0.717, 1.165) is 47.5 Å². The lowest BCUT2D eigenvalue weighted by atomic mass is 10.1. The number of pyridine rings is 1. The van der Waals surface area contributed by atoms with E-state index in [4.69, 9.17) is 11.6 Å². The number of benzene rings is 2. The summed E-state index contributed by atoms with van der Waals surface area (Å²) in [4.78, 5) is 6.82. The Labute approximate surface area is 178 Å². The largest absolute Gasteiger partial charge is 0.508 e. The number of aromatic hydroxyl groups is 1. The van der Waals surface area contributed by atoms with Gasteiger partial charge < -0.3 is 10.4 Å². The highest BCUT2D eigenvalue weighted by Gasteiger charge is 2.10. The minimum Gasteiger partial charge on any atom is -0.508 e. The highest BCUT2D eigenvalue weighted by molar-refractivity contribution is 6.31. The van der Waals surface area contributed by atoms with Crippen molar-refractivity contribution in [3.05, 3.63) is 59.2 Å². The minimum atomic E-state index is 0.328. The Morgan fingerprint density at radius 2 is 1.76 bits per heavy atom. The molecule has 1 aromatic heterocycles. The van der Waals surface area contributed by atoms with Crippen molar-refractivity contribution >= 4 is 33.9 Å². The predicted molar refractivity (Wildman–Crippen MR) is 123 cm³/mol. The topological polar surface area (TPSA) is 48.4 Å². The smallest absolute Gasteiger partial charge is 0.122 e. The fraction of sp³-hybridized carbons (Fsp3) is 0.375. The molecule has 5 heteroatoms. The van der Waals surface area contributed by atoms with Gasteiger partial charge >= 0.3 is 0 Å². The van der Waals surface area contributed by atoms with E-state index in [0.29, 0.717) is 10.8 Å². The summed E-state index contributed by atoms with van der Waals surface area (Å²) >= 11 is 6.08. The van der Waals surface area contributed by atoms with Crippen molar-refractivity contribution in [1.29, 1.82) is 0 Å². The minimum absolute atomic E-state index is 0.328. The van der Waals surface area contributed by atoms with Gasteiger partial charge in [0.2, 0.25) is 0 Å². The standard InChI is InChI=1S/C24H30ClN3O/c1-3-5-13-28(14-6-4-2)17-18-7-9-20(16-24(18)29)27-22-11-12-26-23-15-19(25)8-10-21(22)23/h7-12,15-16,29H,3-6,13-14,17H2,1-2H3,(H,26,27). The van der Waals surface area contributed by atoms with Crippen LogP contribution in [0.4, 0.5) is 11.4 Å². The van der Waals surface area contributed by atoms with Gasteiger partial charge in [-0.25, -0.2) is 0 Å². The third-order valence-electron chi connectivity index (χ3n) is 5.12. The van der Waals surface area contributed by atoms with Crippen molar-refractivity contribution in [1.82, 2.24) is 9.88 Å². The lowest BCUT2D eigenvalue weighted by Crippen LogP contribution is -2.25. The molecule has 2 aromatic carbocycles. The molecule has 0 amide bonds. The Hall–Kier alpha value is -2.30. The molecule has 0 spiro atoms. The zero-order chi connectivity index (χ0) is 20.6. The molecular weight excluding hydrogens is 382 g/mol. The molecule has 0 aliphatic rings. The Kier molecular flexibility index (Phi) is 7.73. The summed E-state index contributed by atoms with van der Waals surface area (Å²) in [6.07, 6.45) is 6.49. The molecule has 1 heterocycles. The van der Waals surface area contributed by atoms with Crippen LogP contribution < -0.4 is 5.32 Å². The van der Waals surface area contributed by atoms with Gasteiger partial charge in [0.15, 0.2) is 0 Å². The van der Waals surface area contributed by atoms with Gasteiger partial charge in [0.05, 0.1) is 5.52 Å². The average molecular weight is 412 g/mol. The van der Waals surface area contributed by atoms with Gasteiger partial charge in [-0.2, -0.15) is 0 Å². The van der Waals surface area contributed by atoms with Gasteiger partial charge in [0.1, 0.15) is 5.75 Å². The summed E-state index contributed by atoms with van der Waals surface area (Å²) < 4.78 is 0. The van der Waals surface area contributed by atoms with Crippen LogP contribution in [0.2, 0.25) is 5.02 Å². The Morgan fingerprint density at radius 3 is 2.45 bits per heavy atom. The molecule has 0 atom stereocenters. The Morgan fingerprint density at radius 1 is 1.00 bits per heavy atom. The summed E-state index contributed by atoms with van der Waals surface area (Å²) in [5.74, 6) is 0.328. The number of rotatable bonds is 10. The maximum absolute atomic E-state index is 10.6. The molecular formula is C24H30ClN3O. The Balaban J connectivity index is 1.75. The summed E-state index contributed by atoms with van der Waals surface area (Å²) in [6.45, 7) is 7.35. The molecule has 154 valence electrons. The summed E-state index contributed by atoms with van der Waals surface area (Å²) in [5.41, 5.74) is 3.59. The first-order chi connectivity index (χ1) is 14.1. The number of halogens is 1. The zero-order valence-electron chi connectivity index (χ0n) is 17.3. The van der Waals surface area contributed by atoms with Crippen LogP contribution in [0.15, 0.2) is 48.7 Å². The normalized spacial score (nSPS) is 11.3. The molecule has 0 unspecified atom stereocenters. The molecule has 4 nitrogen and oxygen atoms in total. The van der Waals surface area contributed by atoms with E-state index in [2.05, 4.69) is 29.0 Å². The van der Waals surface area contributed by atoms with Gasteiger partial charge in [-0.3, -0.25) is 9.88 Å². The lowest BCUT2D eigenvalue weighted by molar-refractivity contribution is 0.254. The number of nitrogens with zero attached hydrogens (tertiary/aromatic N) is 2. The van der Waals surface area contributed by atoms with Gasteiger partial charge in [-0.05, 0) is 56.3 Å². The second-order valence-corrected chi connectivity index (χ2v) is 7.91.